The molecule has 0 fully saturated rings. The van der Waals surface area contributed by atoms with Gasteiger partial charge in [-0.3, -0.25) is 4.90 Å². The number of rotatable bonds is 3. The van der Waals surface area contributed by atoms with Crippen molar-refractivity contribution in [1.82, 2.24) is 14.3 Å². The van der Waals surface area contributed by atoms with Crippen LogP contribution < -0.4 is 10.6 Å². The molecule has 0 spiro atoms. The van der Waals surface area contributed by atoms with E-state index in [1.807, 2.05) is 0 Å². The maximum absolute atomic E-state index is 14.2. The Balaban J connectivity index is 2.06. The highest BCUT2D eigenvalue weighted by atomic mass is 35.5. The number of carbonyl (C=O) groups excluding carboxylic acids is 1. The Morgan fingerprint density at radius 3 is 2.46 bits per heavy atom. The molecule has 0 atom stereocenters. The van der Waals surface area contributed by atoms with Gasteiger partial charge >= 0.3 is 11.7 Å². The first-order chi connectivity index (χ1) is 13.2. The number of benzene rings is 2. The second kappa shape index (κ2) is 7.73. The van der Waals surface area contributed by atoms with E-state index in [0.29, 0.717) is 15.8 Å². The predicted octanol–water partition coefficient (Wildman–Crippen LogP) is 4.50. The van der Waals surface area contributed by atoms with Gasteiger partial charge in [0.25, 0.3) is 0 Å². The molecule has 0 saturated carbocycles. The predicted molar refractivity (Wildman–Crippen MR) is 103 cm³/mol. The third-order valence-electron chi connectivity index (χ3n) is 3.91. The Kier molecular flexibility index (Phi) is 5.53. The van der Waals surface area contributed by atoms with Crippen LogP contribution in [0.2, 0.25) is 10.0 Å². The van der Waals surface area contributed by atoms with Gasteiger partial charge < -0.3 is 0 Å². The summed E-state index contributed by atoms with van der Waals surface area (Å²) in [6.07, 6.45) is 1.12. The smallest absolute Gasteiger partial charge is 0.287 e. The van der Waals surface area contributed by atoms with Gasteiger partial charge in [0.2, 0.25) is 0 Å². The zero-order chi connectivity index (χ0) is 20.6. The van der Waals surface area contributed by atoms with Gasteiger partial charge in [-0.2, -0.15) is 0 Å². The first-order valence-corrected chi connectivity index (χ1v) is 8.87. The van der Waals surface area contributed by atoms with Crippen LogP contribution >= 0.6 is 23.2 Å². The minimum atomic E-state index is -0.935. The van der Waals surface area contributed by atoms with Crippen molar-refractivity contribution in [2.45, 2.75) is 19.9 Å². The van der Waals surface area contributed by atoms with Crippen LogP contribution in [0.5, 0.6) is 0 Å². The molecular formula is C18H14Cl2F2N4O2. The highest BCUT2D eigenvalue weighted by Crippen LogP contribution is 2.24. The third-order valence-corrected chi connectivity index (χ3v) is 4.45. The van der Waals surface area contributed by atoms with Crippen LogP contribution in [0.3, 0.4) is 0 Å². The van der Waals surface area contributed by atoms with Gasteiger partial charge in [0.05, 0.1) is 16.4 Å². The van der Waals surface area contributed by atoms with E-state index in [1.165, 1.54) is 18.2 Å². The van der Waals surface area contributed by atoms with E-state index in [-0.39, 0.29) is 16.4 Å². The van der Waals surface area contributed by atoms with Crippen molar-refractivity contribution >= 4 is 34.9 Å². The first kappa shape index (κ1) is 20.0. The molecule has 0 aliphatic carbocycles. The van der Waals surface area contributed by atoms with E-state index >= 15 is 0 Å². The number of hydrogen-bond acceptors (Lipinski definition) is 3. The van der Waals surface area contributed by atoms with Crippen molar-refractivity contribution in [3.05, 3.63) is 74.9 Å². The summed E-state index contributed by atoms with van der Waals surface area (Å²) in [5.74, 6) is -1.72. The van der Waals surface area contributed by atoms with E-state index in [0.717, 1.165) is 27.9 Å². The molecule has 0 N–H and O–H groups in total. The van der Waals surface area contributed by atoms with Gasteiger partial charge in [-0.25, -0.2) is 22.9 Å². The number of amides is 1. The third kappa shape index (κ3) is 3.65. The largest absolute Gasteiger partial charge is 0.359 e. The van der Waals surface area contributed by atoms with Crippen molar-refractivity contribution in [3.8, 4) is 5.69 Å². The number of carbonyl (C=O) groups is 1. The van der Waals surface area contributed by atoms with E-state index in [4.69, 9.17) is 23.2 Å². The van der Waals surface area contributed by atoms with Crippen LogP contribution in [0.15, 0.2) is 47.5 Å². The molecule has 28 heavy (non-hydrogen) atoms. The Morgan fingerprint density at radius 2 is 1.86 bits per heavy atom. The first-order valence-electron chi connectivity index (χ1n) is 8.11. The van der Waals surface area contributed by atoms with Crippen LogP contribution in [0, 0.1) is 11.6 Å². The lowest BCUT2D eigenvalue weighted by Crippen LogP contribution is -2.45. The topological polar surface area (TPSA) is 60.1 Å². The molecule has 2 aromatic carbocycles. The SMILES string of the molecule is CC(C)N(C(=O)n1ncn(-c2ccc(Cl)cc2Cl)c1=O)c1ccc(F)cc1F. The second-order valence-corrected chi connectivity index (χ2v) is 6.98. The fourth-order valence-corrected chi connectivity index (χ4v) is 3.16. The minimum Gasteiger partial charge on any atom is -0.287 e. The summed E-state index contributed by atoms with van der Waals surface area (Å²) in [6.45, 7) is 3.25. The van der Waals surface area contributed by atoms with Crippen LogP contribution in [0.1, 0.15) is 13.8 Å². The Hall–Kier alpha value is -2.71. The standard InChI is InChI=1S/C18H14Cl2F2N4O2/c1-10(2)25(16-6-4-12(21)8-14(16)22)18(28)26-17(27)24(9-23-26)15-5-3-11(19)7-13(15)20/h3-10H,1-2H3. The van der Waals surface area contributed by atoms with Crippen molar-refractivity contribution in [3.63, 3.8) is 0 Å². The minimum absolute atomic E-state index is 0.174. The molecule has 10 heteroatoms. The number of aromatic nitrogens is 3. The highest BCUT2D eigenvalue weighted by Gasteiger charge is 2.27. The average molecular weight is 427 g/mol. The molecule has 0 radical (unpaired) electrons. The molecule has 0 bridgehead atoms. The van der Waals surface area contributed by atoms with Gasteiger partial charge in [0.1, 0.15) is 18.0 Å². The Bertz CT molecular complexity index is 1110. The molecule has 0 aliphatic rings. The van der Waals surface area contributed by atoms with Crippen molar-refractivity contribution in [2.24, 2.45) is 0 Å². The van der Waals surface area contributed by atoms with Crippen LogP contribution in [-0.4, -0.2) is 26.4 Å². The van der Waals surface area contributed by atoms with Gasteiger partial charge in [0.15, 0.2) is 0 Å². The van der Waals surface area contributed by atoms with Crippen molar-refractivity contribution < 1.29 is 13.6 Å². The molecule has 3 aromatic rings. The van der Waals surface area contributed by atoms with E-state index in [1.54, 1.807) is 13.8 Å². The summed E-state index contributed by atoms with van der Waals surface area (Å²) in [5, 5.41) is 4.38. The number of anilines is 1. The van der Waals surface area contributed by atoms with Crippen LogP contribution in [0.25, 0.3) is 5.69 Å². The molecule has 0 aliphatic heterocycles. The lowest BCUT2D eigenvalue weighted by atomic mass is 10.2. The van der Waals surface area contributed by atoms with E-state index in [2.05, 4.69) is 5.10 Å². The molecule has 3 rings (SSSR count). The summed E-state index contributed by atoms with van der Waals surface area (Å²) in [7, 11) is 0. The molecule has 1 aromatic heterocycles. The fraction of sp³-hybridized carbons (Fsp3) is 0.167. The molecule has 0 saturated heterocycles. The van der Waals surface area contributed by atoms with Crippen LogP contribution in [0.4, 0.5) is 19.3 Å². The summed E-state index contributed by atoms with van der Waals surface area (Å²) >= 11 is 12.0. The van der Waals surface area contributed by atoms with Crippen LogP contribution in [-0.2, 0) is 0 Å². The Labute approximate surface area is 168 Å². The van der Waals surface area contributed by atoms with Gasteiger partial charge in [-0.05, 0) is 44.2 Å². The van der Waals surface area contributed by atoms with Gasteiger partial charge in [-0.15, -0.1) is 9.78 Å². The number of halogens is 4. The quantitative estimate of drug-likeness (QED) is 0.619. The summed E-state index contributed by atoms with van der Waals surface area (Å²) in [5.41, 5.74) is -0.700. The summed E-state index contributed by atoms with van der Waals surface area (Å²) in [4.78, 5) is 26.7. The normalized spacial score (nSPS) is 11.1. The van der Waals surface area contributed by atoms with Crippen molar-refractivity contribution in [1.29, 1.82) is 0 Å². The summed E-state index contributed by atoms with van der Waals surface area (Å²) in [6, 6.07) is 5.85. The molecule has 1 heterocycles. The monoisotopic (exact) mass is 426 g/mol. The molecule has 1 amide bonds. The summed E-state index contributed by atoms with van der Waals surface area (Å²) < 4.78 is 29.1. The fourth-order valence-electron chi connectivity index (χ4n) is 2.66. The average Bonchev–Trinajstić information content (AvgIpc) is 2.98. The molecule has 146 valence electrons. The van der Waals surface area contributed by atoms with Gasteiger partial charge in [0, 0.05) is 17.1 Å². The molecule has 0 unspecified atom stereocenters. The maximum Gasteiger partial charge on any atom is 0.359 e. The number of nitrogens with zero attached hydrogens (tertiary/aromatic N) is 4. The van der Waals surface area contributed by atoms with E-state index in [9.17, 15) is 18.4 Å². The zero-order valence-electron chi connectivity index (χ0n) is 14.7. The zero-order valence-corrected chi connectivity index (χ0v) is 16.2. The lowest BCUT2D eigenvalue weighted by Gasteiger charge is -2.26. The second-order valence-electron chi connectivity index (χ2n) is 6.13. The lowest BCUT2D eigenvalue weighted by molar-refractivity contribution is 0.242. The Morgan fingerprint density at radius 1 is 1.14 bits per heavy atom. The van der Waals surface area contributed by atoms with Crippen molar-refractivity contribution in [2.75, 3.05) is 4.90 Å². The highest BCUT2D eigenvalue weighted by molar-refractivity contribution is 6.35. The van der Waals surface area contributed by atoms with E-state index < -0.39 is 29.4 Å². The molecule has 6 nitrogen and oxygen atoms in total. The van der Waals surface area contributed by atoms with Gasteiger partial charge in [-0.1, -0.05) is 23.2 Å². The molecular weight excluding hydrogens is 413 g/mol. The maximum atomic E-state index is 14.2. The number of hydrogen-bond donors (Lipinski definition) is 0.